The van der Waals surface area contributed by atoms with Gasteiger partial charge in [0.05, 0.1) is 21.9 Å². The molecule has 7 nitrogen and oxygen atoms in total. The second-order valence-corrected chi connectivity index (χ2v) is 9.44. The molecule has 0 aliphatic carbocycles. The Hall–Kier alpha value is -3.62. The molecule has 2 heterocycles. The fourth-order valence-electron chi connectivity index (χ4n) is 4.20. The van der Waals surface area contributed by atoms with Gasteiger partial charge in [-0.2, -0.15) is 11.8 Å². The summed E-state index contributed by atoms with van der Waals surface area (Å²) in [6.07, 6.45) is 0. The molecular weight excluding hydrogens is 448 g/mol. The van der Waals surface area contributed by atoms with Gasteiger partial charge in [0, 0.05) is 59.7 Å². The van der Waals surface area contributed by atoms with Crippen LogP contribution in [0.4, 0.5) is 11.4 Å². The number of nitro benzene ring substituents is 1. The molecule has 1 fully saturated rings. The Kier molecular flexibility index (Phi) is 6.33. The molecule has 1 saturated heterocycles. The average molecular weight is 473 g/mol. The lowest BCUT2D eigenvalue weighted by molar-refractivity contribution is -0.384. The minimum atomic E-state index is -0.438. The SMILES string of the molecule is O=[N+]([O-])c1ccc2[nH]c(O)c(C(=Nc3ccc(CN4CCSCC4)cc3)c3ccccc3)c2c1. The van der Waals surface area contributed by atoms with Crippen molar-refractivity contribution < 1.29 is 10.0 Å². The first kappa shape index (κ1) is 22.2. The third kappa shape index (κ3) is 4.69. The Morgan fingerprint density at radius 3 is 2.50 bits per heavy atom. The van der Waals surface area contributed by atoms with Crippen molar-refractivity contribution in [3.8, 4) is 5.88 Å². The number of non-ortho nitro benzene ring substituents is 1. The number of hydrogen-bond donors (Lipinski definition) is 2. The molecule has 0 atom stereocenters. The molecule has 8 heteroatoms. The van der Waals surface area contributed by atoms with E-state index in [1.165, 1.54) is 29.2 Å². The van der Waals surface area contributed by atoms with Gasteiger partial charge < -0.3 is 10.1 Å². The smallest absolute Gasteiger partial charge is 0.270 e. The topological polar surface area (TPSA) is 94.8 Å². The number of nitro groups is 1. The van der Waals surface area contributed by atoms with Crippen LogP contribution in [0.15, 0.2) is 77.8 Å². The van der Waals surface area contributed by atoms with Crippen LogP contribution >= 0.6 is 11.8 Å². The number of thioether (sulfide) groups is 1. The number of nitrogens with one attached hydrogen (secondary N) is 1. The standard InChI is InChI=1S/C26H24N4O3S/c31-26-24(22-16-21(30(32)33)10-11-23(22)28-26)25(19-4-2-1-3-5-19)27-20-8-6-18(7-9-20)17-29-12-14-34-15-13-29/h1-11,16,28,31H,12-15,17H2. The zero-order valence-electron chi connectivity index (χ0n) is 18.5. The van der Waals surface area contributed by atoms with E-state index in [9.17, 15) is 15.2 Å². The summed E-state index contributed by atoms with van der Waals surface area (Å²) in [6.45, 7) is 3.13. The maximum atomic E-state index is 11.4. The van der Waals surface area contributed by atoms with Gasteiger partial charge in [-0.15, -0.1) is 0 Å². The van der Waals surface area contributed by atoms with Crippen molar-refractivity contribution in [1.82, 2.24) is 9.88 Å². The van der Waals surface area contributed by atoms with Gasteiger partial charge in [-0.3, -0.25) is 15.0 Å². The molecule has 5 rings (SSSR count). The monoisotopic (exact) mass is 472 g/mol. The van der Waals surface area contributed by atoms with Gasteiger partial charge in [0.1, 0.15) is 0 Å². The summed E-state index contributed by atoms with van der Waals surface area (Å²) in [4.78, 5) is 21.2. The average Bonchev–Trinajstić information content (AvgIpc) is 3.19. The predicted molar refractivity (Wildman–Crippen MR) is 137 cm³/mol. The highest BCUT2D eigenvalue weighted by atomic mass is 32.2. The summed E-state index contributed by atoms with van der Waals surface area (Å²) in [6, 6.07) is 22.2. The van der Waals surface area contributed by atoms with Crippen LogP contribution in [-0.4, -0.2) is 50.2 Å². The zero-order chi connectivity index (χ0) is 23.5. The molecule has 1 aliphatic heterocycles. The summed E-state index contributed by atoms with van der Waals surface area (Å²) < 4.78 is 0. The van der Waals surface area contributed by atoms with E-state index < -0.39 is 4.92 Å². The molecular formula is C26H24N4O3S. The van der Waals surface area contributed by atoms with Gasteiger partial charge in [-0.1, -0.05) is 42.5 Å². The van der Waals surface area contributed by atoms with E-state index in [0.717, 1.165) is 30.9 Å². The maximum Gasteiger partial charge on any atom is 0.270 e. The summed E-state index contributed by atoms with van der Waals surface area (Å²) >= 11 is 2.00. The van der Waals surface area contributed by atoms with Crippen molar-refractivity contribution in [1.29, 1.82) is 0 Å². The van der Waals surface area contributed by atoms with E-state index in [4.69, 9.17) is 4.99 Å². The summed E-state index contributed by atoms with van der Waals surface area (Å²) in [7, 11) is 0. The number of rotatable bonds is 6. The number of aromatic hydroxyl groups is 1. The Morgan fingerprint density at radius 1 is 1.06 bits per heavy atom. The van der Waals surface area contributed by atoms with Crippen molar-refractivity contribution in [3.63, 3.8) is 0 Å². The third-order valence-electron chi connectivity index (χ3n) is 5.94. The highest BCUT2D eigenvalue weighted by molar-refractivity contribution is 7.99. The number of benzene rings is 3. The molecule has 0 saturated carbocycles. The van der Waals surface area contributed by atoms with Crippen molar-refractivity contribution in [2.24, 2.45) is 4.99 Å². The van der Waals surface area contributed by atoms with E-state index in [0.29, 0.717) is 22.2 Å². The normalized spacial score (nSPS) is 15.0. The molecule has 0 radical (unpaired) electrons. The lowest BCUT2D eigenvalue weighted by Crippen LogP contribution is -2.31. The van der Waals surface area contributed by atoms with Gasteiger partial charge >= 0.3 is 0 Å². The Morgan fingerprint density at radius 2 is 1.79 bits per heavy atom. The molecule has 0 spiro atoms. The summed E-state index contributed by atoms with van der Waals surface area (Å²) in [5, 5.41) is 22.7. The van der Waals surface area contributed by atoms with Crippen molar-refractivity contribution in [2.45, 2.75) is 6.54 Å². The summed E-state index contributed by atoms with van der Waals surface area (Å²) in [5.41, 5.74) is 4.34. The highest BCUT2D eigenvalue weighted by Gasteiger charge is 2.21. The largest absolute Gasteiger partial charge is 0.494 e. The molecule has 3 aromatic carbocycles. The first-order chi connectivity index (χ1) is 16.6. The van der Waals surface area contributed by atoms with Gasteiger partial charge in [0.15, 0.2) is 5.88 Å². The molecule has 34 heavy (non-hydrogen) atoms. The lowest BCUT2D eigenvalue weighted by Gasteiger charge is -2.26. The Labute approximate surface area is 201 Å². The van der Waals surface area contributed by atoms with Crippen molar-refractivity contribution in [3.05, 3.63) is 99.6 Å². The number of aliphatic imine (C=N–C) groups is 1. The fourth-order valence-corrected chi connectivity index (χ4v) is 5.18. The van der Waals surface area contributed by atoms with Crippen LogP contribution in [0.25, 0.3) is 10.9 Å². The Balaban J connectivity index is 1.56. The van der Waals surface area contributed by atoms with Gasteiger partial charge in [0.2, 0.25) is 0 Å². The van der Waals surface area contributed by atoms with Crippen LogP contribution in [0.1, 0.15) is 16.7 Å². The molecule has 1 aromatic heterocycles. The molecule has 2 N–H and O–H groups in total. The molecule has 1 aliphatic rings. The first-order valence-electron chi connectivity index (χ1n) is 11.1. The third-order valence-corrected chi connectivity index (χ3v) is 6.89. The minimum absolute atomic E-state index is 0.0411. The maximum absolute atomic E-state index is 11.4. The second kappa shape index (κ2) is 9.70. The molecule has 172 valence electrons. The van der Waals surface area contributed by atoms with Crippen LogP contribution < -0.4 is 0 Å². The van der Waals surface area contributed by atoms with E-state index >= 15 is 0 Å². The number of nitrogens with zero attached hydrogens (tertiary/aromatic N) is 3. The highest BCUT2D eigenvalue weighted by Crippen LogP contribution is 2.33. The fraction of sp³-hybridized carbons (Fsp3) is 0.192. The lowest BCUT2D eigenvalue weighted by atomic mass is 10.0. The van der Waals surface area contributed by atoms with Crippen LogP contribution in [0.3, 0.4) is 0 Å². The molecule has 0 bridgehead atoms. The zero-order valence-corrected chi connectivity index (χ0v) is 19.3. The minimum Gasteiger partial charge on any atom is -0.494 e. The summed E-state index contributed by atoms with van der Waals surface area (Å²) in [5.74, 6) is 2.28. The van der Waals surface area contributed by atoms with Gasteiger partial charge in [-0.25, -0.2) is 4.99 Å². The van der Waals surface area contributed by atoms with Gasteiger partial charge in [0.25, 0.3) is 5.69 Å². The van der Waals surface area contributed by atoms with Crippen LogP contribution in [-0.2, 0) is 6.54 Å². The quantitative estimate of drug-likeness (QED) is 0.220. The van der Waals surface area contributed by atoms with E-state index in [2.05, 4.69) is 22.0 Å². The van der Waals surface area contributed by atoms with E-state index in [1.54, 1.807) is 6.07 Å². The second-order valence-electron chi connectivity index (χ2n) is 8.22. The van der Waals surface area contributed by atoms with E-state index in [-0.39, 0.29) is 11.6 Å². The number of aromatic amines is 1. The number of H-pyrrole nitrogens is 1. The van der Waals surface area contributed by atoms with Crippen molar-refractivity contribution >= 4 is 39.8 Å². The number of fused-ring (bicyclic) bond motifs is 1. The number of hydrogen-bond acceptors (Lipinski definition) is 6. The molecule has 0 amide bonds. The van der Waals surface area contributed by atoms with Crippen LogP contribution in [0.2, 0.25) is 0 Å². The molecule has 4 aromatic rings. The van der Waals surface area contributed by atoms with Gasteiger partial charge in [-0.05, 0) is 23.8 Å². The van der Waals surface area contributed by atoms with Crippen molar-refractivity contribution in [2.75, 3.05) is 24.6 Å². The van der Waals surface area contributed by atoms with Crippen LogP contribution in [0.5, 0.6) is 5.88 Å². The first-order valence-corrected chi connectivity index (χ1v) is 12.3. The molecule has 0 unspecified atom stereocenters. The number of aromatic nitrogens is 1. The van der Waals surface area contributed by atoms with E-state index in [1.807, 2.05) is 54.2 Å². The predicted octanol–water partition coefficient (Wildman–Crippen LogP) is 5.50. The Bertz CT molecular complexity index is 1340. The van der Waals surface area contributed by atoms with Crippen LogP contribution in [0, 0.1) is 10.1 Å².